The van der Waals surface area contributed by atoms with Gasteiger partial charge in [0.25, 0.3) is 5.91 Å². The van der Waals surface area contributed by atoms with E-state index in [1.807, 2.05) is 37.3 Å². The average molecular weight is 380 g/mol. The monoisotopic (exact) mass is 380 g/mol. The first kappa shape index (κ1) is 17.4. The maximum atomic E-state index is 12.3. The fraction of sp³-hybridized carbons (Fsp3) is 0.263. The van der Waals surface area contributed by atoms with Crippen molar-refractivity contribution in [1.82, 2.24) is 15.2 Å². The summed E-state index contributed by atoms with van der Waals surface area (Å²) in [4.78, 5) is 19.3. The fourth-order valence-corrected chi connectivity index (χ4v) is 3.76. The molecule has 8 heteroatoms. The lowest BCUT2D eigenvalue weighted by atomic mass is 10.2. The van der Waals surface area contributed by atoms with Gasteiger partial charge in [-0.1, -0.05) is 0 Å². The molecule has 2 aromatic heterocycles. The summed E-state index contributed by atoms with van der Waals surface area (Å²) >= 11 is 1.34. The van der Waals surface area contributed by atoms with Crippen molar-refractivity contribution in [1.29, 1.82) is 0 Å². The van der Waals surface area contributed by atoms with Crippen molar-refractivity contribution in [3.05, 3.63) is 52.6 Å². The molecular formula is C19H20N6OS. The molecule has 0 saturated carbocycles. The second-order valence-corrected chi connectivity index (χ2v) is 7.27. The third-order valence-corrected chi connectivity index (χ3v) is 5.41. The molecule has 1 aliphatic rings. The van der Waals surface area contributed by atoms with E-state index >= 15 is 0 Å². The molecule has 1 aliphatic heterocycles. The Balaban J connectivity index is 1.41. The zero-order valence-electron chi connectivity index (χ0n) is 15.0. The smallest absolute Gasteiger partial charge is 0.267 e. The van der Waals surface area contributed by atoms with Crippen LogP contribution in [0.4, 0.5) is 22.9 Å². The summed E-state index contributed by atoms with van der Waals surface area (Å²) in [7, 11) is 0. The number of nitrogens with zero attached hydrogens (tertiary/aromatic N) is 4. The zero-order valence-corrected chi connectivity index (χ0v) is 15.8. The summed E-state index contributed by atoms with van der Waals surface area (Å²) in [5.74, 6) is 0.566. The Bertz CT molecular complexity index is 933. The largest absolute Gasteiger partial charge is 0.370 e. The molecule has 1 aromatic carbocycles. The van der Waals surface area contributed by atoms with Gasteiger partial charge in [0, 0.05) is 30.5 Å². The van der Waals surface area contributed by atoms with E-state index in [-0.39, 0.29) is 5.91 Å². The molecule has 3 aromatic rings. The Morgan fingerprint density at radius 1 is 1.15 bits per heavy atom. The van der Waals surface area contributed by atoms with Crippen LogP contribution >= 0.6 is 11.3 Å². The first-order chi connectivity index (χ1) is 13.2. The maximum Gasteiger partial charge on any atom is 0.267 e. The first-order valence-electron chi connectivity index (χ1n) is 8.85. The maximum absolute atomic E-state index is 12.3. The number of carbonyl (C=O) groups excluding carboxylic acids is 1. The van der Waals surface area contributed by atoms with Gasteiger partial charge in [0.05, 0.1) is 23.1 Å². The van der Waals surface area contributed by atoms with Crippen molar-refractivity contribution < 1.29 is 4.79 Å². The van der Waals surface area contributed by atoms with Crippen LogP contribution in [0.15, 0.2) is 42.0 Å². The molecule has 1 fully saturated rings. The average Bonchev–Trinajstić information content (AvgIpc) is 3.35. The molecular weight excluding hydrogens is 360 g/mol. The minimum absolute atomic E-state index is 0.139. The highest BCUT2D eigenvalue weighted by molar-refractivity contribution is 7.12. The van der Waals surface area contributed by atoms with Crippen LogP contribution in [0, 0.1) is 6.92 Å². The molecule has 1 amide bonds. The number of carbonyl (C=O) groups is 1. The third kappa shape index (κ3) is 4.06. The molecule has 0 aliphatic carbocycles. The van der Waals surface area contributed by atoms with E-state index in [1.54, 1.807) is 11.7 Å². The lowest BCUT2D eigenvalue weighted by Crippen LogP contribution is -2.18. The van der Waals surface area contributed by atoms with Crippen LogP contribution in [-0.4, -0.2) is 34.2 Å². The normalized spacial score (nSPS) is 13.6. The van der Waals surface area contributed by atoms with Gasteiger partial charge in [0.1, 0.15) is 4.88 Å². The molecule has 1 saturated heterocycles. The van der Waals surface area contributed by atoms with E-state index < -0.39 is 0 Å². The number of nitrogens with one attached hydrogen (secondary N) is 2. The van der Waals surface area contributed by atoms with Gasteiger partial charge in [-0.3, -0.25) is 4.79 Å². The van der Waals surface area contributed by atoms with Crippen LogP contribution in [0.3, 0.4) is 0 Å². The Hall–Kier alpha value is -3.00. The number of thiazole rings is 1. The quantitative estimate of drug-likeness (QED) is 0.700. The highest BCUT2D eigenvalue weighted by Gasteiger charge is 2.14. The molecule has 0 radical (unpaired) electrons. The van der Waals surface area contributed by atoms with Crippen molar-refractivity contribution in [2.45, 2.75) is 19.8 Å². The van der Waals surface area contributed by atoms with Crippen LogP contribution in [0.25, 0.3) is 0 Å². The second kappa shape index (κ2) is 7.71. The molecule has 7 nitrogen and oxygen atoms in total. The number of rotatable bonds is 5. The molecule has 0 bridgehead atoms. The third-order valence-electron chi connectivity index (χ3n) is 4.48. The van der Waals surface area contributed by atoms with Gasteiger partial charge >= 0.3 is 0 Å². The summed E-state index contributed by atoms with van der Waals surface area (Å²) in [5, 5.41) is 14.4. The Labute approximate surface area is 161 Å². The fourth-order valence-electron chi connectivity index (χ4n) is 3.06. The number of anilines is 4. The van der Waals surface area contributed by atoms with E-state index in [0.29, 0.717) is 10.7 Å². The van der Waals surface area contributed by atoms with Gasteiger partial charge in [-0.05, 0) is 44.0 Å². The molecule has 4 rings (SSSR count). The zero-order chi connectivity index (χ0) is 18.6. The predicted molar refractivity (Wildman–Crippen MR) is 108 cm³/mol. The number of aryl methyl sites for hydroxylation is 1. The van der Waals surface area contributed by atoms with Crippen LogP contribution in [-0.2, 0) is 0 Å². The predicted octanol–water partition coefficient (Wildman–Crippen LogP) is 3.84. The minimum Gasteiger partial charge on any atom is -0.370 e. The molecule has 138 valence electrons. The van der Waals surface area contributed by atoms with Crippen molar-refractivity contribution in [3.8, 4) is 0 Å². The molecule has 27 heavy (non-hydrogen) atoms. The van der Waals surface area contributed by atoms with Gasteiger partial charge < -0.3 is 15.5 Å². The molecule has 3 heterocycles. The SMILES string of the molecule is Cc1ncsc1C(=O)Nc1ccc(Nc2cc(N3CCCC3)cnn2)cc1. The van der Waals surface area contributed by atoms with Gasteiger partial charge in [-0.2, -0.15) is 5.10 Å². The van der Waals surface area contributed by atoms with Crippen molar-refractivity contribution in [2.75, 3.05) is 28.6 Å². The van der Waals surface area contributed by atoms with Crippen LogP contribution in [0.2, 0.25) is 0 Å². The van der Waals surface area contributed by atoms with E-state index in [9.17, 15) is 4.79 Å². The summed E-state index contributed by atoms with van der Waals surface area (Å²) < 4.78 is 0. The number of benzene rings is 1. The Kier molecular flexibility index (Phi) is 4.97. The Morgan fingerprint density at radius 3 is 2.59 bits per heavy atom. The van der Waals surface area contributed by atoms with Crippen molar-refractivity contribution >= 4 is 40.1 Å². The molecule has 0 spiro atoms. The molecule has 2 N–H and O–H groups in total. The van der Waals surface area contributed by atoms with E-state index in [4.69, 9.17) is 0 Å². The molecule has 0 unspecified atom stereocenters. The van der Waals surface area contributed by atoms with Gasteiger partial charge in [-0.15, -0.1) is 16.4 Å². The Morgan fingerprint density at radius 2 is 1.89 bits per heavy atom. The van der Waals surface area contributed by atoms with Gasteiger partial charge in [0.15, 0.2) is 5.82 Å². The number of hydrogen-bond acceptors (Lipinski definition) is 7. The van der Waals surface area contributed by atoms with Crippen LogP contribution in [0.5, 0.6) is 0 Å². The summed E-state index contributed by atoms with van der Waals surface area (Å²) in [6.07, 6.45) is 4.25. The van der Waals surface area contributed by atoms with E-state index in [0.717, 1.165) is 35.8 Å². The standard InChI is InChI=1S/C19H20N6OS/c1-13-18(27-12-20-13)19(26)23-15-6-4-14(5-7-15)22-17-10-16(11-21-24-17)25-8-2-3-9-25/h4-7,10-12H,2-3,8-9H2,1H3,(H,22,24)(H,23,26). The number of aromatic nitrogens is 3. The minimum atomic E-state index is -0.139. The first-order valence-corrected chi connectivity index (χ1v) is 9.73. The second-order valence-electron chi connectivity index (χ2n) is 6.42. The topological polar surface area (TPSA) is 83.0 Å². The summed E-state index contributed by atoms with van der Waals surface area (Å²) in [6.45, 7) is 3.97. The highest BCUT2D eigenvalue weighted by Crippen LogP contribution is 2.24. The van der Waals surface area contributed by atoms with Crippen LogP contribution < -0.4 is 15.5 Å². The lowest BCUT2D eigenvalue weighted by Gasteiger charge is -2.17. The van der Waals surface area contributed by atoms with Crippen LogP contribution in [0.1, 0.15) is 28.2 Å². The van der Waals surface area contributed by atoms with Crippen molar-refractivity contribution in [2.24, 2.45) is 0 Å². The number of hydrogen-bond donors (Lipinski definition) is 2. The van der Waals surface area contributed by atoms with Crippen molar-refractivity contribution in [3.63, 3.8) is 0 Å². The van der Waals surface area contributed by atoms with Gasteiger partial charge in [-0.25, -0.2) is 4.98 Å². The highest BCUT2D eigenvalue weighted by atomic mass is 32.1. The van der Waals surface area contributed by atoms with E-state index in [1.165, 1.54) is 24.2 Å². The van der Waals surface area contributed by atoms with Gasteiger partial charge in [0.2, 0.25) is 0 Å². The lowest BCUT2D eigenvalue weighted by molar-refractivity contribution is 0.103. The molecule has 0 atom stereocenters. The summed E-state index contributed by atoms with van der Waals surface area (Å²) in [6, 6.07) is 9.53. The number of amides is 1. The summed E-state index contributed by atoms with van der Waals surface area (Å²) in [5.41, 5.74) is 5.13. The van der Waals surface area contributed by atoms with E-state index in [2.05, 4.69) is 30.7 Å².